The van der Waals surface area contributed by atoms with E-state index < -0.39 is 0 Å². The number of ether oxygens (including phenoxy) is 1. The summed E-state index contributed by atoms with van der Waals surface area (Å²) >= 11 is 0. The average Bonchev–Trinajstić information content (AvgIpc) is 2.92. The highest BCUT2D eigenvalue weighted by atomic mass is 35.5. The van der Waals surface area contributed by atoms with Crippen LogP contribution < -0.4 is 11.1 Å². The summed E-state index contributed by atoms with van der Waals surface area (Å²) in [6.45, 7) is 0.704. The van der Waals surface area contributed by atoms with E-state index in [0.717, 1.165) is 37.8 Å². The van der Waals surface area contributed by atoms with Gasteiger partial charge in [-0.3, -0.25) is 4.79 Å². The van der Waals surface area contributed by atoms with E-state index in [9.17, 15) is 4.79 Å². The van der Waals surface area contributed by atoms with E-state index >= 15 is 0 Å². The lowest BCUT2D eigenvalue weighted by Gasteiger charge is -2.27. The van der Waals surface area contributed by atoms with E-state index in [4.69, 9.17) is 10.5 Å². The Bertz CT molecular complexity index is 487. The zero-order chi connectivity index (χ0) is 13.2. The number of anilines is 1. The van der Waals surface area contributed by atoms with Crippen molar-refractivity contribution in [3.8, 4) is 0 Å². The number of rotatable bonds is 2. The Hall–Kier alpha value is -1.26. The fourth-order valence-corrected chi connectivity index (χ4v) is 3.03. The van der Waals surface area contributed by atoms with Gasteiger partial charge in [0.15, 0.2) is 0 Å². The molecular formula is C15H21ClN2O2. The van der Waals surface area contributed by atoms with Crippen LogP contribution in [-0.2, 0) is 16.0 Å². The quantitative estimate of drug-likeness (QED) is 0.824. The summed E-state index contributed by atoms with van der Waals surface area (Å²) in [5, 5.41) is 3.13. The molecular weight excluding hydrogens is 276 g/mol. The van der Waals surface area contributed by atoms with Gasteiger partial charge >= 0.3 is 0 Å². The van der Waals surface area contributed by atoms with Crippen LogP contribution in [-0.4, -0.2) is 18.6 Å². The van der Waals surface area contributed by atoms with Gasteiger partial charge in [-0.2, -0.15) is 0 Å². The molecule has 20 heavy (non-hydrogen) atoms. The Kier molecular flexibility index (Phi) is 4.89. The molecule has 1 fully saturated rings. The van der Waals surface area contributed by atoms with E-state index in [1.165, 1.54) is 11.1 Å². The van der Waals surface area contributed by atoms with Gasteiger partial charge in [0.1, 0.15) is 6.10 Å². The summed E-state index contributed by atoms with van der Waals surface area (Å²) < 4.78 is 5.43. The third-order valence-electron chi connectivity index (χ3n) is 4.02. The van der Waals surface area contributed by atoms with Crippen LogP contribution >= 0.6 is 12.4 Å². The van der Waals surface area contributed by atoms with E-state index in [1.54, 1.807) is 0 Å². The number of aryl methyl sites for hydroxylation is 1. The van der Waals surface area contributed by atoms with Crippen LogP contribution in [0, 0.1) is 0 Å². The molecule has 4 nitrogen and oxygen atoms in total. The summed E-state index contributed by atoms with van der Waals surface area (Å²) in [7, 11) is 0. The van der Waals surface area contributed by atoms with Crippen molar-refractivity contribution in [2.75, 3.05) is 12.3 Å². The van der Waals surface area contributed by atoms with E-state index in [-0.39, 0.29) is 30.5 Å². The first kappa shape index (κ1) is 15.1. The topological polar surface area (TPSA) is 64.3 Å². The monoisotopic (exact) mass is 296 g/mol. The van der Waals surface area contributed by atoms with Gasteiger partial charge in [-0.25, -0.2) is 0 Å². The number of nitrogens with one attached hydrogen (secondary N) is 1. The molecule has 0 spiro atoms. The Morgan fingerprint density at radius 3 is 2.90 bits per heavy atom. The lowest BCUT2D eigenvalue weighted by Crippen LogP contribution is -2.38. The predicted molar refractivity (Wildman–Crippen MR) is 80.9 cm³/mol. The minimum absolute atomic E-state index is 0. The first-order chi connectivity index (χ1) is 9.24. The number of carbonyl (C=O) groups excluding carboxylic acids is 1. The number of halogens is 1. The van der Waals surface area contributed by atoms with E-state index in [0.29, 0.717) is 6.61 Å². The standard InChI is InChI=1S/C15H20N2O2.ClH/c16-11-6-7-12-10(9-11)3-1-4-13(12)17-15(18)14-5-2-8-19-14;/h6-7,9,13-14H,1-5,8,16H2,(H,17,18);1H/t13?,14-;/m0./s1. The fraction of sp³-hybridized carbons (Fsp3) is 0.533. The van der Waals surface area contributed by atoms with Crippen molar-refractivity contribution < 1.29 is 9.53 Å². The van der Waals surface area contributed by atoms with Crippen molar-refractivity contribution in [3.63, 3.8) is 0 Å². The maximum absolute atomic E-state index is 12.1. The van der Waals surface area contributed by atoms with Crippen molar-refractivity contribution in [2.45, 2.75) is 44.2 Å². The van der Waals surface area contributed by atoms with Crippen LogP contribution in [0.3, 0.4) is 0 Å². The molecule has 1 aliphatic heterocycles. The summed E-state index contributed by atoms with van der Waals surface area (Å²) in [5.74, 6) is 0.0344. The summed E-state index contributed by atoms with van der Waals surface area (Å²) in [6, 6.07) is 6.10. The van der Waals surface area contributed by atoms with Gasteiger partial charge in [0.25, 0.3) is 0 Å². The van der Waals surface area contributed by atoms with Crippen LogP contribution in [0.1, 0.15) is 42.9 Å². The number of nitrogens with two attached hydrogens (primary N) is 1. The minimum Gasteiger partial charge on any atom is -0.399 e. The fourth-order valence-electron chi connectivity index (χ4n) is 3.03. The van der Waals surface area contributed by atoms with Gasteiger partial charge in [0.05, 0.1) is 6.04 Å². The molecule has 1 saturated heterocycles. The molecule has 3 N–H and O–H groups in total. The largest absolute Gasteiger partial charge is 0.399 e. The maximum atomic E-state index is 12.1. The molecule has 1 aromatic rings. The number of hydrogen-bond donors (Lipinski definition) is 2. The van der Waals surface area contributed by atoms with E-state index in [1.807, 2.05) is 18.2 Å². The van der Waals surface area contributed by atoms with Crippen LogP contribution in [0.4, 0.5) is 5.69 Å². The molecule has 1 aromatic carbocycles. The van der Waals surface area contributed by atoms with Crippen molar-refractivity contribution in [2.24, 2.45) is 0 Å². The molecule has 3 rings (SSSR count). The van der Waals surface area contributed by atoms with Crippen molar-refractivity contribution in [1.29, 1.82) is 0 Å². The second kappa shape index (κ2) is 6.46. The number of amides is 1. The van der Waals surface area contributed by atoms with Crippen molar-refractivity contribution in [1.82, 2.24) is 5.32 Å². The number of benzene rings is 1. The van der Waals surface area contributed by atoms with Gasteiger partial charge in [0.2, 0.25) is 5.91 Å². The molecule has 0 aromatic heterocycles. The molecule has 1 heterocycles. The van der Waals surface area contributed by atoms with Crippen molar-refractivity contribution >= 4 is 24.0 Å². The third kappa shape index (κ3) is 3.07. The van der Waals surface area contributed by atoms with Crippen molar-refractivity contribution in [3.05, 3.63) is 29.3 Å². The lowest BCUT2D eigenvalue weighted by molar-refractivity contribution is -0.130. The Balaban J connectivity index is 0.00000147. The molecule has 1 amide bonds. The Labute approximate surface area is 125 Å². The Morgan fingerprint density at radius 2 is 2.15 bits per heavy atom. The molecule has 5 heteroatoms. The number of nitrogen functional groups attached to an aromatic ring is 1. The zero-order valence-electron chi connectivity index (χ0n) is 11.4. The minimum atomic E-state index is -0.251. The predicted octanol–water partition coefficient (Wildman–Crippen LogP) is 2.36. The maximum Gasteiger partial charge on any atom is 0.249 e. The summed E-state index contributed by atoms with van der Waals surface area (Å²) in [6.07, 6.45) is 4.71. The second-order valence-electron chi connectivity index (χ2n) is 5.41. The molecule has 1 unspecified atom stereocenters. The van der Waals surface area contributed by atoms with Crippen LogP contribution in [0.15, 0.2) is 18.2 Å². The second-order valence-corrected chi connectivity index (χ2v) is 5.41. The molecule has 0 saturated carbocycles. The number of carbonyl (C=O) groups is 1. The SMILES string of the molecule is Cl.Nc1ccc2c(c1)CCCC2NC(=O)[C@@H]1CCCO1. The van der Waals surface area contributed by atoms with Gasteiger partial charge in [0, 0.05) is 12.3 Å². The third-order valence-corrected chi connectivity index (χ3v) is 4.02. The molecule has 0 radical (unpaired) electrons. The Morgan fingerprint density at radius 1 is 1.30 bits per heavy atom. The highest BCUT2D eigenvalue weighted by Crippen LogP contribution is 2.31. The van der Waals surface area contributed by atoms with Crippen LogP contribution in [0.25, 0.3) is 0 Å². The first-order valence-corrected chi connectivity index (χ1v) is 7.04. The average molecular weight is 297 g/mol. The summed E-state index contributed by atoms with van der Waals surface area (Å²) in [5.41, 5.74) is 9.10. The molecule has 0 bridgehead atoms. The lowest BCUT2D eigenvalue weighted by atomic mass is 9.87. The first-order valence-electron chi connectivity index (χ1n) is 7.04. The smallest absolute Gasteiger partial charge is 0.249 e. The molecule has 2 aliphatic rings. The van der Waals surface area contributed by atoms with Gasteiger partial charge < -0.3 is 15.8 Å². The van der Waals surface area contributed by atoms with Crippen LogP contribution in [0.5, 0.6) is 0 Å². The molecule has 2 atom stereocenters. The highest BCUT2D eigenvalue weighted by Gasteiger charge is 2.28. The van der Waals surface area contributed by atoms with Crippen LogP contribution in [0.2, 0.25) is 0 Å². The number of hydrogen-bond acceptors (Lipinski definition) is 3. The molecule has 1 aliphatic carbocycles. The normalized spacial score (nSPS) is 24.6. The number of fused-ring (bicyclic) bond motifs is 1. The van der Waals surface area contributed by atoms with Gasteiger partial charge in [-0.05, 0) is 55.4 Å². The molecule has 110 valence electrons. The van der Waals surface area contributed by atoms with E-state index in [2.05, 4.69) is 5.32 Å². The van der Waals surface area contributed by atoms with Gasteiger partial charge in [-0.15, -0.1) is 12.4 Å². The zero-order valence-corrected chi connectivity index (χ0v) is 12.2. The summed E-state index contributed by atoms with van der Waals surface area (Å²) in [4.78, 5) is 12.1. The van der Waals surface area contributed by atoms with Gasteiger partial charge in [-0.1, -0.05) is 6.07 Å². The highest BCUT2D eigenvalue weighted by molar-refractivity contribution is 5.85.